The Balaban J connectivity index is 1.82. The monoisotopic (exact) mass is 317 g/mol. The molecular formula is C15H16BrN3. The van der Waals surface area contributed by atoms with Crippen molar-refractivity contribution in [2.24, 2.45) is 0 Å². The summed E-state index contributed by atoms with van der Waals surface area (Å²) in [5.74, 6) is 0.994. The minimum atomic E-state index is 0.994. The van der Waals surface area contributed by atoms with Gasteiger partial charge in [-0.2, -0.15) is 0 Å². The molecule has 1 aromatic carbocycles. The number of anilines is 1. The van der Waals surface area contributed by atoms with Crippen molar-refractivity contribution < 1.29 is 0 Å². The number of hydrogen-bond acceptors (Lipinski definition) is 2. The summed E-state index contributed by atoms with van der Waals surface area (Å²) in [5, 5.41) is 3.37. The summed E-state index contributed by atoms with van der Waals surface area (Å²) in [6, 6.07) is 6.81. The van der Waals surface area contributed by atoms with Crippen LogP contribution in [0.25, 0.3) is 11.3 Å². The molecule has 0 unspecified atom stereocenters. The smallest absolute Gasteiger partial charge is 0.204 e. The van der Waals surface area contributed by atoms with Crippen molar-refractivity contribution in [3.05, 3.63) is 33.9 Å². The van der Waals surface area contributed by atoms with E-state index >= 15 is 0 Å². The van der Waals surface area contributed by atoms with Crippen LogP contribution >= 0.6 is 15.9 Å². The van der Waals surface area contributed by atoms with E-state index in [1.807, 2.05) is 0 Å². The van der Waals surface area contributed by atoms with Crippen molar-refractivity contribution >= 4 is 21.9 Å². The summed E-state index contributed by atoms with van der Waals surface area (Å²) >= 11 is 3.71. The number of nitrogens with one attached hydrogen (secondary N) is 1. The number of nitrogens with zero attached hydrogens (tertiary/aromatic N) is 2. The molecule has 1 aliphatic heterocycles. The molecule has 0 spiro atoms. The van der Waals surface area contributed by atoms with Crippen LogP contribution in [0.2, 0.25) is 0 Å². The highest BCUT2D eigenvalue weighted by Crippen LogP contribution is 2.34. The lowest BCUT2D eigenvalue weighted by molar-refractivity contribution is 0.618. The van der Waals surface area contributed by atoms with Gasteiger partial charge in [0.05, 0.1) is 0 Å². The quantitative estimate of drug-likeness (QED) is 0.870. The number of imidazole rings is 1. The zero-order valence-electron chi connectivity index (χ0n) is 10.7. The van der Waals surface area contributed by atoms with E-state index in [0.29, 0.717) is 0 Å². The van der Waals surface area contributed by atoms with Crippen LogP contribution in [0.1, 0.15) is 24.0 Å². The molecule has 1 aromatic heterocycles. The van der Waals surface area contributed by atoms with Crippen molar-refractivity contribution in [1.82, 2.24) is 9.55 Å². The fourth-order valence-corrected chi connectivity index (χ4v) is 3.78. The molecule has 0 saturated heterocycles. The van der Waals surface area contributed by atoms with Gasteiger partial charge >= 0.3 is 0 Å². The fraction of sp³-hybridized carbons (Fsp3) is 0.400. The van der Waals surface area contributed by atoms with Gasteiger partial charge in [0.1, 0.15) is 10.3 Å². The summed E-state index contributed by atoms with van der Waals surface area (Å²) in [7, 11) is 0. The van der Waals surface area contributed by atoms with Gasteiger partial charge in [0.15, 0.2) is 0 Å². The van der Waals surface area contributed by atoms with Crippen molar-refractivity contribution in [2.75, 3.05) is 11.9 Å². The third-order valence-corrected chi connectivity index (χ3v) is 4.92. The number of aromatic nitrogens is 2. The Bertz CT molecular complexity index is 645. The molecule has 0 fully saturated rings. The van der Waals surface area contributed by atoms with Gasteiger partial charge in [0, 0.05) is 18.7 Å². The Morgan fingerprint density at radius 1 is 1.16 bits per heavy atom. The topological polar surface area (TPSA) is 29.9 Å². The standard InChI is InChI=1S/C15H16BrN3/c16-14-13(18-15-17-7-2-8-19(14)15)12-6-5-10-3-1-4-11(10)9-12/h5-6,9H,1-4,7-8H2,(H,17,18). The Hall–Kier alpha value is -1.29. The SMILES string of the molecule is Brc1c(-c2ccc3c(c2)CCC3)nc2n1CCCN2. The molecule has 0 radical (unpaired) electrons. The summed E-state index contributed by atoms with van der Waals surface area (Å²) < 4.78 is 3.33. The molecule has 3 nitrogen and oxygen atoms in total. The first kappa shape index (κ1) is 11.5. The molecule has 0 atom stereocenters. The lowest BCUT2D eigenvalue weighted by Crippen LogP contribution is -2.17. The number of benzene rings is 1. The molecule has 19 heavy (non-hydrogen) atoms. The lowest BCUT2D eigenvalue weighted by atomic mass is 10.0. The average molecular weight is 318 g/mol. The second-order valence-electron chi connectivity index (χ2n) is 5.34. The molecule has 98 valence electrons. The third kappa shape index (κ3) is 1.81. The largest absolute Gasteiger partial charge is 0.356 e. The highest BCUT2D eigenvalue weighted by atomic mass is 79.9. The van der Waals surface area contributed by atoms with E-state index < -0.39 is 0 Å². The summed E-state index contributed by atoms with van der Waals surface area (Å²) in [6.45, 7) is 2.06. The van der Waals surface area contributed by atoms with Gasteiger partial charge < -0.3 is 9.88 Å². The summed E-state index contributed by atoms with van der Waals surface area (Å²) in [6.07, 6.45) is 4.90. The molecule has 2 aliphatic rings. The molecule has 1 N–H and O–H groups in total. The van der Waals surface area contributed by atoms with Crippen LogP contribution in [0, 0.1) is 0 Å². The summed E-state index contributed by atoms with van der Waals surface area (Å²) in [4.78, 5) is 4.75. The van der Waals surface area contributed by atoms with Crippen molar-refractivity contribution in [3.8, 4) is 11.3 Å². The van der Waals surface area contributed by atoms with Gasteiger partial charge in [-0.05, 0) is 58.8 Å². The van der Waals surface area contributed by atoms with Crippen LogP contribution in [0.3, 0.4) is 0 Å². The van der Waals surface area contributed by atoms with Gasteiger partial charge in [0.2, 0.25) is 5.95 Å². The minimum absolute atomic E-state index is 0.994. The number of fused-ring (bicyclic) bond motifs is 2. The molecule has 0 amide bonds. The molecule has 0 bridgehead atoms. The van der Waals surface area contributed by atoms with Gasteiger partial charge in [-0.1, -0.05) is 12.1 Å². The highest BCUT2D eigenvalue weighted by Gasteiger charge is 2.20. The Labute approximate surface area is 121 Å². The third-order valence-electron chi connectivity index (χ3n) is 4.12. The van der Waals surface area contributed by atoms with Gasteiger partial charge in [-0.25, -0.2) is 4.98 Å². The second-order valence-corrected chi connectivity index (χ2v) is 6.09. The normalized spacial score (nSPS) is 16.9. The predicted molar refractivity (Wildman–Crippen MR) is 80.5 cm³/mol. The van der Waals surface area contributed by atoms with Crippen LogP contribution in [0.15, 0.2) is 22.8 Å². The first-order valence-electron chi connectivity index (χ1n) is 6.95. The van der Waals surface area contributed by atoms with Crippen LogP contribution in [0.5, 0.6) is 0 Å². The number of rotatable bonds is 1. The highest BCUT2D eigenvalue weighted by molar-refractivity contribution is 9.10. The van der Waals surface area contributed by atoms with E-state index in [1.54, 1.807) is 0 Å². The Morgan fingerprint density at radius 3 is 2.95 bits per heavy atom. The lowest BCUT2D eigenvalue weighted by Gasteiger charge is -2.15. The Kier molecular flexibility index (Phi) is 2.65. The molecule has 2 aromatic rings. The van der Waals surface area contributed by atoms with E-state index in [0.717, 1.165) is 35.8 Å². The zero-order valence-corrected chi connectivity index (χ0v) is 12.3. The van der Waals surface area contributed by atoms with Crippen molar-refractivity contribution in [3.63, 3.8) is 0 Å². The Morgan fingerprint density at radius 2 is 2.05 bits per heavy atom. The van der Waals surface area contributed by atoms with Crippen LogP contribution < -0.4 is 5.32 Å². The molecule has 1 aliphatic carbocycles. The molecular weight excluding hydrogens is 302 g/mol. The van der Waals surface area contributed by atoms with Crippen molar-refractivity contribution in [1.29, 1.82) is 0 Å². The van der Waals surface area contributed by atoms with E-state index in [-0.39, 0.29) is 0 Å². The number of halogens is 1. The fourth-order valence-electron chi connectivity index (χ4n) is 3.11. The zero-order chi connectivity index (χ0) is 12.8. The molecule has 4 heteroatoms. The van der Waals surface area contributed by atoms with E-state index in [4.69, 9.17) is 4.98 Å². The minimum Gasteiger partial charge on any atom is -0.356 e. The van der Waals surface area contributed by atoms with E-state index in [2.05, 4.69) is 44.0 Å². The van der Waals surface area contributed by atoms with Gasteiger partial charge in [-0.3, -0.25) is 0 Å². The maximum atomic E-state index is 4.75. The molecule has 4 rings (SSSR count). The predicted octanol–water partition coefficient (Wildman–Crippen LogP) is 3.62. The van der Waals surface area contributed by atoms with Gasteiger partial charge in [-0.15, -0.1) is 0 Å². The second kappa shape index (κ2) is 4.37. The first-order valence-corrected chi connectivity index (χ1v) is 7.74. The summed E-state index contributed by atoms with van der Waals surface area (Å²) in [5.41, 5.74) is 5.32. The van der Waals surface area contributed by atoms with Crippen molar-refractivity contribution in [2.45, 2.75) is 32.2 Å². The first-order chi connectivity index (χ1) is 9.33. The molecule has 0 saturated carbocycles. The van der Waals surface area contributed by atoms with E-state index in [1.165, 1.54) is 36.0 Å². The average Bonchev–Trinajstić information content (AvgIpc) is 3.03. The van der Waals surface area contributed by atoms with Crippen LogP contribution in [-0.2, 0) is 19.4 Å². The number of hydrogen-bond donors (Lipinski definition) is 1. The molecule has 2 heterocycles. The van der Waals surface area contributed by atoms with Gasteiger partial charge in [0.25, 0.3) is 0 Å². The number of aryl methyl sites for hydroxylation is 2. The van der Waals surface area contributed by atoms with E-state index in [9.17, 15) is 0 Å². The maximum Gasteiger partial charge on any atom is 0.204 e. The van der Waals surface area contributed by atoms with Crippen LogP contribution in [0.4, 0.5) is 5.95 Å². The van der Waals surface area contributed by atoms with Crippen LogP contribution in [-0.4, -0.2) is 16.1 Å². The maximum absolute atomic E-state index is 4.75.